The number of carbonyl (C=O) groups excluding carboxylic acids is 2. The van der Waals surface area contributed by atoms with Crippen molar-refractivity contribution in [2.45, 2.75) is 32.3 Å². The van der Waals surface area contributed by atoms with Crippen molar-refractivity contribution in [2.75, 3.05) is 18.0 Å². The predicted molar refractivity (Wildman–Crippen MR) is 106 cm³/mol. The van der Waals surface area contributed by atoms with Gasteiger partial charge in [-0.3, -0.25) is 9.59 Å². The molecule has 1 aliphatic heterocycles. The number of fused-ring (bicyclic) bond motifs is 1. The number of hydrogen-bond acceptors (Lipinski definition) is 3. The van der Waals surface area contributed by atoms with Gasteiger partial charge in [-0.05, 0) is 56.2 Å². The summed E-state index contributed by atoms with van der Waals surface area (Å²) >= 11 is 6.06. The highest BCUT2D eigenvalue weighted by atomic mass is 35.5. The molecule has 2 amide bonds. The van der Waals surface area contributed by atoms with E-state index in [4.69, 9.17) is 16.3 Å². The molecule has 0 saturated heterocycles. The van der Waals surface area contributed by atoms with E-state index in [9.17, 15) is 14.0 Å². The summed E-state index contributed by atoms with van der Waals surface area (Å²) in [5.41, 5.74) is 0.492. The van der Waals surface area contributed by atoms with Gasteiger partial charge in [0.05, 0.1) is 5.69 Å². The number of nitrogens with one attached hydrogen (secondary N) is 1. The average Bonchev–Trinajstić information content (AvgIpc) is 2.64. The molecule has 0 bridgehead atoms. The van der Waals surface area contributed by atoms with Gasteiger partial charge in [-0.15, -0.1) is 0 Å². The van der Waals surface area contributed by atoms with Gasteiger partial charge in [0, 0.05) is 24.5 Å². The maximum Gasteiger partial charge on any atom is 0.270 e. The molecular weight excluding hydrogens is 383 g/mol. The first kappa shape index (κ1) is 20.1. The second-order valence-electron chi connectivity index (χ2n) is 7.16. The molecule has 0 fully saturated rings. The minimum atomic E-state index is -1.01. The summed E-state index contributed by atoms with van der Waals surface area (Å²) in [5, 5.41) is 3.32. The maximum atomic E-state index is 12.9. The molecule has 2 aromatic carbocycles. The highest BCUT2D eigenvalue weighted by molar-refractivity contribution is 6.31. The molecule has 0 saturated carbocycles. The number of amides is 2. The minimum Gasteiger partial charge on any atom is -0.476 e. The van der Waals surface area contributed by atoms with Crippen LogP contribution in [0.5, 0.6) is 5.75 Å². The number of carbonyl (C=O) groups is 2. The number of anilines is 1. The van der Waals surface area contributed by atoms with Gasteiger partial charge in [0.1, 0.15) is 11.6 Å². The quantitative estimate of drug-likeness (QED) is 0.798. The van der Waals surface area contributed by atoms with Crippen LogP contribution in [-0.2, 0) is 16.0 Å². The van der Waals surface area contributed by atoms with Gasteiger partial charge in [-0.2, -0.15) is 0 Å². The fourth-order valence-electron chi connectivity index (χ4n) is 3.06. The molecule has 0 aromatic heterocycles. The molecule has 0 spiro atoms. The van der Waals surface area contributed by atoms with E-state index in [0.717, 1.165) is 5.56 Å². The highest BCUT2D eigenvalue weighted by Crippen LogP contribution is 2.39. The number of benzene rings is 2. The van der Waals surface area contributed by atoms with Crippen LogP contribution in [0.3, 0.4) is 0 Å². The van der Waals surface area contributed by atoms with Crippen molar-refractivity contribution >= 4 is 29.1 Å². The van der Waals surface area contributed by atoms with Crippen molar-refractivity contribution in [3.8, 4) is 5.75 Å². The predicted octanol–water partition coefficient (Wildman–Crippen LogP) is 3.73. The van der Waals surface area contributed by atoms with Crippen LogP contribution in [0, 0.1) is 5.82 Å². The summed E-state index contributed by atoms with van der Waals surface area (Å²) in [6.07, 6.45) is 0.755. The van der Waals surface area contributed by atoms with E-state index in [1.165, 1.54) is 12.1 Å². The molecule has 0 atom stereocenters. The van der Waals surface area contributed by atoms with Crippen LogP contribution < -0.4 is 15.0 Å². The second-order valence-corrected chi connectivity index (χ2v) is 7.59. The van der Waals surface area contributed by atoms with E-state index in [-0.39, 0.29) is 30.6 Å². The first-order valence-corrected chi connectivity index (χ1v) is 9.46. The summed E-state index contributed by atoms with van der Waals surface area (Å²) in [4.78, 5) is 26.5. The van der Waals surface area contributed by atoms with Gasteiger partial charge < -0.3 is 15.0 Å². The van der Waals surface area contributed by atoms with Crippen molar-refractivity contribution < 1.29 is 18.7 Å². The van der Waals surface area contributed by atoms with Crippen LogP contribution >= 0.6 is 11.6 Å². The van der Waals surface area contributed by atoms with Crippen molar-refractivity contribution in [3.63, 3.8) is 0 Å². The van der Waals surface area contributed by atoms with Crippen molar-refractivity contribution in [2.24, 2.45) is 0 Å². The SMILES string of the molecule is CC1(C)Oc2ccc(Cl)cc2N(CCC(=O)NCCc2ccc(F)cc2)C1=O. The lowest BCUT2D eigenvalue weighted by molar-refractivity contribution is -0.132. The number of halogens is 2. The first-order chi connectivity index (χ1) is 13.3. The monoisotopic (exact) mass is 404 g/mol. The molecule has 0 radical (unpaired) electrons. The zero-order valence-electron chi connectivity index (χ0n) is 15.8. The molecular formula is C21H22ClFN2O3. The molecule has 0 aliphatic carbocycles. The third-order valence-electron chi connectivity index (χ3n) is 4.55. The molecule has 1 N–H and O–H groups in total. The molecule has 1 heterocycles. The Bertz CT molecular complexity index is 884. The topological polar surface area (TPSA) is 58.6 Å². The summed E-state index contributed by atoms with van der Waals surface area (Å²) < 4.78 is 18.7. The second kappa shape index (κ2) is 8.19. The number of nitrogens with zero attached hydrogens (tertiary/aromatic N) is 1. The summed E-state index contributed by atoms with van der Waals surface area (Å²) in [5.74, 6) is -0.110. The fourth-order valence-corrected chi connectivity index (χ4v) is 3.23. The third kappa shape index (κ3) is 4.62. The number of ether oxygens (including phenoxy) is 1. The Labute approximate surface area is 168 Å². The van der Waals surface area contributed by atoms with Gasteiger partial charge >= 0.3 is 0 Å². The van der Waals surface area contributed by atoms with Crippen molar-refractivity contribution in [1.29, 1.82) is 0 Å². The van der Waals surface area contributed by atoms with Crippen LogP contribution in [-0.4, -0.2) is 30.5 Å². The molecule has 7 heteroatoms. The Kier molecular flexibility index (Phi) is 5.89. The molecule has 5 nitrogen and oxygen atoms in total. The summed E-state index contributed by atoms with van der Waals surface area (Å²) in [6, 6.07) is 11.3. The lowest BCUT2D eigenvalue weighted by Crippen LogP contribution is -2.53. The normalized spacial score (nSPS) is 15.0. The van der Waals surface area contributed by atoms with Crippen LogP contribution in [0.2, 0.25) is 5.02 Å². The minimum absolute atomic E-state index is 0.150. The highest BCUT2D eigenvalue weighted by Gasteiger charge is 2.40. The standard InChI is InChI=1S/C21H22ClFN2O3/c1-21(2)20(27)25(17-13-15(22)5-8-18(17)28-21)12-10-19(26)24-11-9-14-3-6-16(23)7-4-14/h3-8,13H,9-12H2,1-2H3,(H,24,26). The fraction of sp³-hybridized carbons (Fsp3) is 0.333. The van der Waals surface area contributed by atoms with Gasteiger partial charge in [-0.25, -0.2) is 4.39 Å². The Morgan fingerprint density at radius 1 is 1.21 bits per heavy atom. The van der Waals surface area contributed by atoms with Gasteiger partial charge in [0.2, 0.25) is 5.91 Å². The van der Waals surface area contributed by atoms with E-state index in [0.29, 0.717) is 29.4 Å². The zero-order valence-corrected chi connectivity index (χ0v) is 16.6. The molecule has 3 rings (SSSR count). The first-order valence-electron chi connectivity index (χ1n) is 9.08. The van der Waals surface area contributed by atoms with Crippen molar-refractivity contribution in [1.82, 2.24) is 5.32 Å². The molecule has 0 unspecified atom stereocenters. The van der Waals surface area contributed by atoms with Crippen LogP contribution in [0.1, 0.15) is 25.8 Å². The van der Waals surface area contributed by atoms with E-state index < -0.39 is 5.60 Å². The lowest BCUT2D eigenvalue weighted by atomic mass is 10.0. The van der Waals surface area contributed by atoms with E-state index in [2.05, 4.69) is 5.32 Å². The molecule has 148 valence electrons. The Balaban J connectivity index is 1.58. The third-order valence-corrected chi connectivity index (χ3v) is 4.78. The summed E-state index contributed by atoms with van der Waals surface area (Å²) in [7, 11) is 0. The van der Waals surface area contributed by atoms with E-state index in [1.54, 1.807) is 49.1 Å². The Morgan fingerprint density at radius 2 is 1.93 bits per heavy atom. The van der Waals surface area contributed by atoms with Gasteiger partial charge in [-0.1, -0.05) is 23.7 Å². The van der Waals surface area contributed by atoms with Crippen LogP contribution in [0.4, 0.5) is 10.1 Å². The molecule has 28 heavy (non-hydrogen) atoms. The number of hydrogen-bond donors (Lipinski definition) is 1. The van der Waals surface area contributed by atoms with Gasteiger partial charge in [0.15, 0.2) is 5.60 Å². The maximum absolute atomic E-state index is 12.9. The molecule has 2 aromatic rings. The Morgan fingerprint density at radius 3 is 2.64 bits per heavy atom. The van der Waals surface area contributed by atoms with Crippen molar-refractivity contribution in [3.05, 3.63) is 58.9 Å². The van der Waals surface area contributed by atoms with Crippen LogP contribution in [0.15, 0.2) is 42.5 Å². The number of rotatable bonds is 6. The zero-order chi connectivity index (χ0) is 20.3. The average molecular weight is 405 g/mol. The van der Waals surface area contributed by atoms with E-state index in [1.807, 2.05) is 0 Å². The van der Waals surface area contributed by atoms with Gasteiger partial charge in [0.25, 0.3) is 5.91 Å². The summed E-state index contributed by atoms with van der Waals surface area (Å²) in [6.45, 7) is 4.06. The van der Waals surface area contributed by atoms with E-state index >= 15 is 0 Å². The Hall–Kier alpha value is -2.60. The largest absolute Gasteiger partial charge is 0.476 e. The molecule has 1 aliphatic rings. The smallest absolute Gasteiger partial charge is 0.270 e. The van der Waals surface area contributed by atoms with Crippen LogP contribution in [0.25, 0.3) is 0 Å². The lowest BCUT2D eigenvalue weighted by Gasteiger charge is -2.38.